The fraction of sp³-hybridized carbons (Fsp3) is 0.585. The second kappa shape index (κ2) is 37.9. The average Bonchev–Trinajstić information content (AvgIpc) is 1.61. The highest BCUT2D eigenvalue weighted by Crippen LogP contribution is 2.46. The molecule has 6 aliphatic heterocycles. The number of nitrogens with two attached hydrogens (primary N) is 1. The third kappa shape index (κ3) is 20.5. The van der Waals surface area contributed by atoms with Crippen LogP contribution < -0.4 is 19.7 Å². The topological polar surface area (TPSA) is 307 Å². The molecule has 18 rings (SSSR count). The zero-order chi connectivity index (χ0) is 77.4. The number of hydrogen-bond acceptors (Lipinski definition) is 20. The number of carbonyl (C=O) groups excluding carboxylic acids is 2. The number of nitrogens with one attached hydrogen (secondary N) is 1. The van der Waals surface area contributed by atoms with Crippen molar-refractivity contribution in [1.29, 1.82) is 0 Å². The lowest BCUT2D eigenvalue weighted by Crippen LogP contribution is -2.46. The molecular weight excluding hydrogens is 1440 g/mol. The monoisotopic (exact) mass is 1560 g/mol. The number of piperidine rings is 4. The summed E-state index contributed by atoms with van der Waals surface area (Å²) in [6, 6.07) is 24.5. The molecule has 9 fully saturated rings. The normalized spacial score (nSPS) is 19.7. The van der Waals surface area contributed by atoms with Crippen LogP contribution in [-0.4, -0.2) is 228 Å². The zero-order valence-electron chi connectivity index (χ0n) is 65.2. The molecule has 0 spiro atoms. The molecule has 0 bridgehead atoms. The maximum absolute atomic E-state index is 13.4. The van der Waals surface area contributed by atoms with E-state index in [4.69, 9.17) is 20.3 Å². The predicted octanol–water partition coefficient (Wildman–Crippen LogP) is 12.3. The van der Waals surface area contributed by atoms with E-state index in [-0.39, 0.29) is 22.7 Å². The van der Waals surface area contributed by atoms with Gasteiger partial charge in [-0.25, -0.2) is 65.6 Å². The number of aromatic carboxylic acids is 1. The Balaban J connectivity index is 0.000000134. The number of carboxylic acids is 1. The number of aliphatic imine (C=N–C) groups is 1. The molecule has 4 aliphatic carbocycles. The van der Waals surface area contributed by atoms with E-state index in [2.05, 4.69) is 74.8 Å². The molecule has 8 aromatic rings. The number of carboxylic acid groups (broad SMARTS) is 1. The number of primary sulfonamides is 1. The van der Waals surface area contributed by atoms with Gasteiger partial charge in [0.1, 0.15) is 18.3 Å². The number of nitrogens with zero attached hydrogens (tertiary/aromatic N) is 17. The van der Waals surface area contributed by atoms with Crippen LogP contribution in [0.1, 0.15) is 225 Å². The Labute approximate surface area is 654 Å². The first-order valence-electron chi connectivity index (χ1n) is 41.2. The minimum Gasteiger partial charge on any atom is -0.477 e. The molecular formula is C82H115N19O8S2. The van der Waals surface area contributed by atoms with Crippen molar-refractivity contribution in [1.82, 2.24) is 73.0 Å². The van der Waals surface area contributed by atoms with Crippen LogP contribution in [0.5, 0.6) is 0 Å². The minimum absolute atomic E-state index is 0.0953. The first-order chi connectivity index (χ1) is 54.0. The van der Waals surface area contributed by atoms with Crippen LogP contribution >= 0.6 is 0 Å². The first kappa shape index (κ1) is 80.6. The Kier molecular flexibility index (Phi) is 27.5. The second-order valence-electron chi connectivity index (χ2n) is 31.2. The number of hydrogen-bond donors (Lipinski definition) is 3. The van der Waals surface area contributed by atoms with Crippen molar-refractivity contribution < 1.29 is 36.3 Å². The summed E-state index contributed by atoms with van der Waals surface area (Å²) in [5.41, 5.74) is 7.40. The molecule has 29 heteroatoms. The third-order valence-corrected chi connectivity index (χ3v) is 26.9. The highest BCUT2D eigenvalue weighted by atomic mass is 32.2. The van der Waals surface area contributed by atoms with Gasteiger partial charge >= 0.3 is 12.0 Å². The van der Waals surface area contributed by atoms with Crippen LogP contribution in [0.2, 0.25) is 0 Å². The number of likely N-dealkylation sites (tertiary alicyclic amines) is 2. The van der Waals surface area contributed by atoms with E-state index in [0.29, 0.717) is 48.1 Å². The first-order valence-corrected chi connectivity index (χ1v) is 44.4. The second-order valence-corrected chi connectivity index (χ2v) is 35.0. The van der Waals surface area contributed by atoms with Crippen LogP contribution in [-0.2, 0) is 20.0 Å². The Morgan fingerprint density at radius 3 is 1.35 bits per heavy atom. The van der Waals surface area contributed by atoms with Crippen LogP contribution in [0.25, 0.3) is 33.4 Å². The standard InChI is InChI=1S/C30H38N6O3S.C27H33N5O2.C9H16N2.C7H6N4O.C6H15N.C3H7NO2S/c37-30(33-40(38,39)24-12-13-24)25-20-26(35-18-14-22(15-19-35)34-16-5-2-6-17-34)27-28(21-8-7-9-21)32-36(29(27)31-25)23-10-3-1-4-11-23;33-27(34)22-18-23(31-16-12-20(13-17-31)30-14-5-2-6-15-30)24-25(19-8-7-9-19)29-32(26(24)28-22)21-10-3-1-4-11-21;1-2-5-9-10-6-4-8-11(9)7-3-1;12-7(10-3-1-8-5-10)11-4-2-9-6-11;1-4-7(5-2)6-3;4-7(5,6)3-1-2-3/h1,3-4,10-11,20-22,24H,2,5-9,12-19H2,(H,33,37);1,3-4,10-11,18-20H,2,5-9,12-17H2,(H,33,34);1-8H2;1-6H;4-6H2,1-3H3;3H,1-2H2,(H2,4,5,6). The Morgan fingerprint density at radius 1 is 0.514 bits per heavy atom. The van der Waals surface area contributed by atoms with E-state index < -0.39 is 37.2 Å². The van der Waals surface area contributed by atoms with E-state index in [1.165, 1.54) is 170 Å². The van der Waals surface area contributed by atoms with Gasteiger partial charge in [-0.05, 0) is 204 Å². The number of amidine groups is 1. The van der Waals surface area contributed by atoms with Crippen molar-refractivity contribution >= 4 is 77.2 Å². The number of sulfonamides is 2. The molecule has 27 nitrogen and oxygen atoms in total. The summed E-state index contributed by atoms with van der Waals surface area (Å²) in [5.74, 6) is 0.541. The molecule has 0 atom stereocenters. The van der Waals surface area contributed by atoms with Crippen LogP contribution in [0.4, 0.5) is 16.2 Å². The summed E-state index contributed by atoms with van der Waals surface area (Å²) in [6.45, 7) is 22.2. The summed E-state index contributed by atoms with van der Waals surface area (Å²) >= 11 is 0. The zero-order valence-corrected chi connectivity index (χ0v) is 66.9. The van der Waals surface area contributed by atoms with Crippen molar-refractivity contribution in [3.05, 3.63) is 133 Å². The summed E-state index contributed by atoms with van der Waals surface area (Å²) in [5, 5.41) is 26.1. The molecule has 5 saturated heterocycles. The van der Waals surface area contributed by atoms with Crippen LogP contribution in [0.15, 0.2) is 115 Å². The van der Waals surface area contributed by atoms with E-state index in [1.54, 1.807) is 30.9 Å². The molecule has 4 N–H and O–H groups in total. The van der Waals surface area contributed by atoms with E-state index in [0.717, 1.165) is 142 Å². The molecule has 6 aromatic heterocycles. The van der Waals surface area contributed by atoms with Gasteiger partial charge in [-0.3, -0.25) is 18.9 Å². The minimum atomic E-state index is -3.69. The molecule has 1 amide bonds. The number of aromatic nitrogens is 10. The number of rotatable bonds is 16. The third-order valence-electron chi connectivity index (χ3n) is 23.7. The van der Waals surface area contributed by atoms with Gasteiger partial charge in [0.2, 0.25) is 20.0 Å². The molecule has 0 unspecified atom stereocenters. The van der Waals surface area contributed by atoms with Gasteiger partial charge in [-0.2, -0.15) is 10.2 Å². The van der Waals surface area contributed by atoms with Crippen molar-refractivity contribution in [2.24, 2.45) is 10.1 Å². The van der Waals surface area contributed by atoms with Gasteiger partial charge in [0.05, 0.1) is 61.2 Å². The van der Waals surface area contributed by atoms with E-state index in [1.807, 2.05) is 76.1 Å². The lowest BCUT2D eigenvalue weighted by atomic mass is 9.82. The van der Waals surface area contributed by atoms with E-state index >= 15 is 0 Å². The number of imidazole rings is 2. The highest BCUT2D eigenvalue weighted by molar-refractivity contribution is 7.91. The van der Waals surface area contributed by atoms with Crippen LogP contribution in [0, 0.1) is 0 Å². The van der Waals surface area contributed by atoms with Gasteiger partial charge in [-0.1, -0.05) is 89.3 Å². The number of para-hydroxylation sites is 2. The molecule has 4 saturated carbocycles. The molecule has 12 heterocycles. The fourth-order valence-corrected chi connectivity index (χ4v) is 18.5. The number of carbonyl (C=O) groups is 3. The van der Waals surface area contributed by atoms with Crippen LogP contribution in [0.3, 0.4) is 0 Å². The maximum Gasteiger partial charge on any atom is 0.354 e. The lowest BCUT2D eigenvalue weighted by molar-refractivity contribution is 0.0690. The summed E-state index contributed by atoms with van der Waals surface area (Å²) in [4.78, 5) is 73.4. The Bertz CT molecular complexity index is 4560. The Morgan fingerprint density at radius 2 is 0.955 bits per heavy atom. The number of benzene rings is 2. The summed E-state index contributed by atoms with van der Waals surface area (Å²) in [6.07, 6.45) is 37.7. The van der Waals surface area contributed by atoms with Gasteiger partial charge < -0.3 is 34.5 Å². The number of anilines is 2. The maximum atomic E-state index is 13.4. The van der Waals surface area contributed by atoms with Crippen molar-refractivity contribution in [2.45, 2.75) is 216 Å². The van der Waals surface area contributed by atoms with Crippen molar-refractivity contribution in [2.75, 3.05) is 101 Å². The SMILES string of the molecule is C1CCC2=NCCCN2CC1.CCN(CC)CC.NS(=O)(=O)C1CC1.O=C(NS(=O)(=O)C1CC1)c1cc(N2CCC(N3CCCCC3)CC2)c2c(C3CCC3)nn(-c3ccccc3)c2n1.O=C(O)c1cc(N2CCC(N3CCCCC3)CC2)c2c(C3CCC3)nn(-c3ccccc3)c2n1.O=C(n1ccnc1)n1ccnc1. The van der Waals surface area contributed by atoms with Crippen molar-refractivity contribution in [3.63, 3.8) is 0 Å². The van der Waals surface area contributed by atoms with Gasteiger partial charge in [0, 0.05) is 101 Å². The average molecular weight is 1560 g/mol. The molecule has 111 heavy (non-hydrogen) atoms. The molecule has 598 valence electrons. The molecule has 10 aliphatic rings. The Hall–Kier alpha value is -8.48. The largest absolute Gasteiger partial charge is 0.477 e. The predicted molar refractivity (Wildman–Crippen MR) is 436 cm³/mol. The van der Waals surface area contributed by atoms with Gasteiger partial charge in [0.15, 0.2) is 17.0 Å². The number of fused-ring (bicyclic) bond motifs is 3. The van der Waals surface area contributed by atoms with Gasteiger partial charge in [0.25, 0.3) is 5.91 Å². The summed E-state index contributed by atoms with van der Waals surface area (Å²) in [7, 11) is -6.82. The number of pyridine rings is 2. The van der Waals surface area contributed by atoms with Gasteiger partial charge in [-0.15, -0.1) is 0 Å². The molecule has 2 aromatic carbocycles. The smallest absolute Gasteiger partial charge is 0.354 e. The summed E-state index contributed by atoms with van der Waals surface area (Å²) < 4.78 is 54.4. The molecule has 0 radical (unpaired) electrons. The quantitative estimate of drug-likeness (QED) is 0.0809. The van der Waals surface area contributed by atoms with Crippen molar-refractivity contribution in [3.8, 4) is 11.4 Å². The van der Waals surface area contributed by atoms with E-state index in [9.17, 15) is 36.3 Å². The highest BCUT2D eigenvalue weighted by Gasteiger charge is 2.40. The fourth-order valence-electron chi connectivity index (χ4n) is 16.4. The number of amides is 1. The lowest BCUT2D eigenvalue weighted by Gasteiger charge is -2.41.